The maximum absolute atomic E-state index is 12.6. The number of morpholine rings is 1. The summed E-state index contributed by atoms with van der Waals surface area (Å²) >= 11 is 0. The van der Waals surface area contributed by atoms with Gasteiger partial charge < -0.3 is 15.4 Å². The quantitative estimate of drug-likeness (QED) is 0.918. The summed E-state index contributed by atoms with van der Waals surface area (Å²) in [6.45, 7) is 7.20. The zero-order valence-corrected chi connectivity index (χ0v) is 12.5. The molecule has 1 amide bonds. The number of hydrogen-bond donors (Lipinski definition) is 1. The van der Waals surface area contributed by atoms with Crippen molar-refractivity contribution in [2.75, 3.05) is 13.1 Å². The molecule has 4 atom stereocenters. The molecule has 2 unspecified atom stereocenters. The first-order valence-electron chi connectivity index (χ1n) is 7.23. The molecule has 1 saturated heterocycles. The molecule has 1 aromatic rings. The minimum Gasteiger partial charge on any atom is -0.372 e. The van der Waals surface area contributed by atoms with E-state index in [-0.39, 0.29) is 30.1 Å². The fourth-order valence-corrected chi connectivity index (χ4v) is 2.76. The summed E-state index contributed by atoms with van der Waals surface area (Å²) in [5.74, 6) is -0.113. The van der Waals surface area contributed by atoms with Crippen molar-refractivity contribution in [3.63, 3.8) is 0 Å². The molecule has 4 heteroatoms. The fraction of sp³-hybridized carbons (Fsp3) is 0.562. The first-order valence-corrected chi connectivity index (χ1v) is 7.23. The van der Waals surface area contributed by atoms with Crippen LogP contribution in [0.2, 0.25) is 0 Å². The lowest BCUT2D eigenvalue weighted by Crippen LogP contribution is -2.50. The summed E-state index contributed by atoms with van der Waals surface area (Å²) in [6.07, 6.45) is 0.172. The van der Waals surface area contributed by atoms with Gasteiger partial charge in [-0.15, -0.1) is 0 Å². The number of carbonyl (C=O) groups excluding carboxylic acids is 1. The van der Waals surface area contributed by atoms with Gasteiger partial charge in [-0.1, -0.05) is 37.3 Å². The summed E-state index contributed by atoms with van der Waals surface area (Å²) in [5, 5.41) is 0. The number of benzene rings is 1. The second-order valence-corrected chi connectivity index (χ2v) is 5.73. The Labute approximate surface area is 120 Å². The van der Waals surface area contributed by atoms with Crippen LogP contribution in [-0.2, 0) is 9.53 Å². The highest BCUT2D eigenvalue weighted by Crippen LogP contribution is 2.22. The van der Waals surface area contributed by atoms with Gasteiger partial charge in [0.15, 0.2) is 0 Å². The predicted molar refractivity (Wildman–Crippen MR) is 79.1 cm³/mol. The van der Waals surface area contributed by atoms with Crippen LogP contribution in [0.15, 0.2) is 30.3 Å². The van der Waals surface area contributed by atoms with Gasteiger partial charge in [-0.25, -0.2) is 0 Å². The Hall–Kier alpha value is -1.39. The predicted octanol–water partition coefficient (Wildman–Crippen LogP) is 1.96. The SMILES string of the molecule is CC(C(=O)N1C[C@@H](C)O[C@@H](C)C1)C(N)c1ccccc1. The number of nitrogens with zero attached hydrogens (tertiary/aromatic N) is 1. The monoisotopic (exact) mass is 276 g/mol. The molecular weight excluding hydrogens is 252 g/mol. The fourth-order valence-electron chi connectivity index (χ4n) is 2.76. The maximum Gasteiger partial charge on any atom is 0.227 e. The summed E-state index contributed by atoms with van der Waals surface area (Å²) in [6, 6.07) is 9.53. The smallest absolute Gasteiger partial charge is 0.227 e. The van der Waals surface area contributed by atoms with Crippen molar-refractivity contribution >= 4 is 5.91 Å². The molecule has 0 bridgehead atoms. The second kappa shape index (κ2) is 6.37. The van der Waals surface area contributed by atoms with E-state index in [1.54, 1.807) is 0 Å². The number of nitrogens with two attached hydrogens (primary N) is 1. The Morgan fingerprint density at radius 2 is 1.80 bits per heavy atom. The molecule has 4 nitrogen and oxygen atoms in total. The third kappa shape index (κ3) is 3.38. The Morgan fingerprint density at radius 3 is 2.35 bits per heavy atom. The van der Waals surface area contributed by atoms with Gasteiger partial charge in [-0.05, 0) is 19.4 Å². The lowest BCUT2D eigenvalue weighted by molar-refractivity contribution is -0.147. The van der Waals surface area contributed by atoms with Crippen molar-refractivity contribution < 1.29 is 9.53 Å². The number of amides is 1. The van der Waals surface area contributed by atoms with E-state index in [4.69, 9.17) is 10.5 Å². The van der Waals surface area contributed by atoms with Crippen LogP contribution in [-0.4, -0.2) is 36.1 Å². The Kier molecular flexibility index (Phi) is 4.78. The minimum atomic E-state index is -0.267. The minimum absolute atomic E-state index is 0.0860. The summed E-state index contributed by atoms with van der Waals surface area (Å²) < 4.78 is 5.67. The average molecular weight is 276 g/mol. The summed E-state index contributed by atoms with van der Waals surface area (Å²) in [4.78, 5) is 14.5. The first kappa shape index (κ1) is 15.0. The van der Waals surface area contributed by atoms with Gasteiger partial charge in [0.05, 0.1) is 18.1 Å². The standard InChI is InChI=1S/C16H24N2O2/c1-11-9-18(10-12(2)20-11)16(19)13(3)15(17)14-7-5-4-6-8-14/h4-8,11-13,15H,9-10,17H2,1-3H3/t11-,12+,13?,15?. The molecule has 1 aliphatic heterocycles. The topological polar surface area (TPSA) is 55.6 Å². The van der Waals surface area contributed by atoms with Gasteiger partial charge in [0.25, 0.3) is 0 Å². The molecule has 110 valence electrons. The van der Waals surface area contributed by atoms with Crippen molar-refractivity contribution in [3.05, 3.63) is 35.9 Å². The van der Waals surface area contributed by atoms with E-state index in [2.05, 4.69) is 0 Å². The van der Waals surface area contributed by atoms with E-state index in [1.807, 2.05) is 56.0 Å². The van der Waals surface area contributed by atoms with Crippen LogP contribution in [0.25, 0.3) is 0 Å². The highest BCUT2D eigenvalue weighted by atomic mass is 16.5. The molecule has 20 heavy (non-hydrogen) atoms. The lowest BCUT2D eigenvalue weighted by Gasteiger charge is -2.37. The van der Waals surface area contributed by atoms with Gasteiger partial charge >= 0.3 is 0 Å². The van der Waals surface area contributed by atoms with Gasteiger partial charge in [-0.3, -0.25) is 4.79 Å². The van der Waals surface area contributed by atoms with Gasteiger partial charge in [0.2, 0.25) is 5.91 Å². The lowest BCUT2D eigenvalue weighted by atomic mass is 9.94. The third-order valence-corrected chi connectivity index (χ3v) is 3.84. The number of carbonyl (C=O) groups is 1. The van der Waals surface area contributed by atoms with Crippen LogP contribution in [0.5, 0.6) is 0 Å². The van der Waals surface area contributed by atoms with Gasteiger partial charge in [0, 0.05) is 19.1 Å². The molecule has 1 heterocycles. The van der Waals surface area contributed by atoms with E-state index in [0.717, 1.165) is 5.56 Å². The maximum atomic E-state index is 12.6. The third-order valence-electron chi connectivity index (χ3n) is 3.84. The van der Waals surface area contributed by atoms with E-state index in [9.17, 15) is 4.79 Å². The molecule has 0 saturated carbocycles. The number of hydrogen-bond acceptors (Lipinski definition) is 3. The van der Waals surface area contributed by atoms with E-state index < -0.39 is 0 Å². The van der Waals surface area contributed by atoms with Gasteiger partial charge in [0.1, 0.15) is 0 Å². The molecule has 0 aromatic heterocycles. The van der Waals surface area contributed by atoms with Crippen LogP contribution in [0.1, 0.15) is 32.4 Å². The van der Waals surface area contributed by atoms with Crippen LogP contribution >= 0.6 is 0 Å². The van der Waals surface area contributed by atoms with Crippen LogP contribution < -0.4 is 5.73 Å². The number of ether oxygens (including phenoxy) is 1. The second-order valence-electron chi connectivity index (χ2n) is 5.73. The molecule has 1 aliphatic rings. The molecule has 2 N–H and O–H groups in total. The summed E-state index contributed by atoms with van der Waals surface area (Å²) in [7, 11) is 0. The largest absolute Gasteiger partial charge is 0.372 e. The zero-order valence-electron chi connectivity index (χ0n) is 12.5. The van der Waals surface area contributed by atoms with Crippen molar-refractivity contribution in [2.45, 2.75) is 39.0 Å². The van der Waals surface area contributed by atoms with E-state index in [1.165, 1.54) is 0 Å². The van der Waals surface area contributed by atoms with Crippen molar-refractivity contribution in [3.8, 4) is 0 Å². The molecule has 1 aromatic carbocycles. The van der Waals surface area contributed by atoms with E-state index in [0.29, 0.717) is 13.1 Å². The highest BCUT2D eigenvalue weighted by molar-refractivity contribution is 5.79. The van der Waals surface area contributed by atoms with Crippen LogP contribution in [0.4, 0.5) is 0 Å². The molecule has 0 spiro atoms. The van der Waals surface area contributed by atoms with Crippen molar-refractivity contribution in [2.24, 2.45) is 11.7 Å². The summed E-state index contributed by atoms with van der Waals surface area (Å²) in [5.41, 5.74) is 7.24. The average Bonchev–Trinajstić information content (AvgIpc) is 2.45. The molecule has 1 fully saturated rings. The van der Waals surface area contributed by atoms with Gasteiger partial charge in [-0.2, -0.15) is 0 Å². The van der Waals surface area contributed by atoms with Crippen molar-refractivity contribution in [1.29, 1.82) is 0 Å². The van der Waals surface area contributed by atoms with Crippen LogP contribution in [0, 0.1) is 5.92 Å². The van der Waals surface area contributed by atoms with Crippen LogP contribution in [0.3, 0.4) is 0 Å². The Bertz CT molecular complexity index is 439. The molecule has 2 rings (SSSR count). The normalized spacial score (nSPS) is 26.1. The Morgan fingerprint density at radius 1 is 1.25 bits per heavy atom. The van der Waals surface area contributed by atoms with Crippen molar-refractivity contribution in [1.82, 2.24) is 4.90 Å². The highest BCUT2D eigenvalue weighted by Gasteiger charge is 2.31. The number of rotatable bonds is 3. The first-order chi connectivity index (χ1) is 9.49. The zero-order chi connectivity index (χ0) is 14.7. The Balaban J connectivity index is 2.04. The molecule has 0 radical (unpaired) electrons. The molecular formula is C16H24N2O2. The van der Waals surface area contributed by atoms with E-state index >= 15 is 0 Å². The molecule has 0 aliphatic carbocycles.